The number of rotatable bonds is 5. The Morgan fingerprint density at radius 1 is 1.04 bits per heavy atom. The third kappa shape index (κ3) is 4.85. The van der Waals surface area contributed by atoms with Gasteiger partial charge in [0.1, 0.15) is 12.1 Å². The third-order valence-electron chi connectivity index (χ3n) is 5.73. The number of fused-ring (bicyclic) bond motifs is 1. The molecule has 0 aliphatic carbocycles. The first-order valence-corrected chi connectivity index (χ1v) is 10.4. The van der Waals surface area contributed by atoms with Crippen LogP contribution in [0.15, 0.2) is 28.7 Å². The number of hydrogen-bond acceptors (Lipinski definition) is 6. The predicted octanol–water partition coefficient (Wildman–Crippen LogP) is 2.45. The Morgan fingerprint density at radius 3 is 2.54 bits per heavy atom. The van der Waals surface area contributed by atoms with Crippen LogP contribution < -0.4 is 4.90 Å². The van der Waals surface area contributed by atoms with Gasteiger partial charge in [-0.25, -0.2) is 0 Å². The molecule has 150 valence electrons. The molecule has 0 unspecified atom stereocenters. The van der Waals surface area contributed by atoms with Crippen LogP contribution in [0.1, 0.15) is 19.8 Å². The Labute approximate surface area is 167 Å². The van der Waals surface area contributed by atoms with E-state index < -0.39 is 0 Å². The summed E-state index contributed by atoms with van der Waals surface area (Å²) in [5, 5.41) is 0. The number of likely N-dealkylation sites (N-methyl/N-ethyl adjacent to an activating group) is 1. The zero-order chi connectivity index (χ0) is 19.2. The van der Waals surface area contributed by atoms with Gasteiger partial charge >= 0.3 is 0 Å². The monoisotopic (exact) mass is 382 g/mol. The van der Waals surface area contributed by atoms with Crippen LogP contribution in [0.2, 0.25) is 0 Å². The number of piperidine rings is 1. The van der Waals surface area contributed by atoms with Crippen LogP contribution in [0.5, 0.6) is 0 Å². The number of anilines is 1. The summed E-state index contributed by atoms with van der Waals surface area (Å²) in [6.45, 7) is 11.2. The van der Waals surface area contributed by atoms with E-state index in [1.54, 1.807) is 0 Å². The third-order valence-corrected chi connectivity index (χ3v) is 5.73. The normalized spacial score (nSPS) is 19.7. The Hall–Kier alpha value is -2.07. The molecule has 0 N–H and O–H groups in total. The van der Waals surface area contributed by atoms with Gasteiger partial charge in [0.15, 0.2) is 5.58 Å². The van der Waals surface area contributed by atoms with E-state index >= 15 is 0 Å². The summed E-state index contributed by atoms with van der Waals surface area (Å²) in [6.07, 6.45) is 2.25. The molecule has 0 atom stereocenters. The molecule has 4 rings (SSSR count). The van der Waals surface area contributed by atoms with Crippen LogP contribution in [0.25, 0.3) is 11.1 Å². The van der Waals surface area contributed by atoms with Gasteiger partial charge in [-0.2, -0.15) is 4.98 Å². The van der Waals surface area contributed by atoms with Gasteiger partial charge in [0.2, 0.25) is 0 Å². The Kier molecular flexibility index (Phi) is 6.48. The Bertz CT molecular complexity index is 776. The maximum atomic E-state index is 5.97. The molecule has 1 aromatic carbocycles. The molecule has 3 heterocycles. The second kappa shape index (κ2) is 9.42. The van der Waals surface area contributed by atoms with Gasteiger partial charge in [-0.05, 0) is 31.5 Å². The molecule has 2 aliphatic heterocycles. The van der Waals surface area contributed by atoms with Crippen molar-refractivity contribution in [2.75, 3.05) is 63.9 Å². The van der Waals surface area contributed by atoms with Gasteiger partial charge in [-0.1, -0.05) is 30.9 Å². The van der Waals surface area contributed by atoms with Crippen molar-refractivity contribution in [2.45, 2.75) is 25.9 Å². The first-order chi connectivity index (χ1) is 13.8. The van der Waals surface area contributed by atoms with E-state index in [2.05, 4.69) is 38.4 Å². The van der Waals surface area contributed by atoms with Crippen LogP contribution in [-0.4, -0.2) is 79.9 Å². The molecule has 0 bridgehead atoms. The minimum absolute atomic E-state index is 0.281. The quantitative estimate of drug-likeness (QED) is 0.741. The molecule has 0 saturated carbocycles. The smallest absolute Gasteiger partial charge is 0.298 e. The number of piperazine rings is 1. The first-order valence-electron chi connectivity index (χ1n) is 10.4. The van der Waals surface area contributed by atoms with E-state index in [0.29, 0.717) is 6.61 Å². The number of para-hydroxylation sites is 2. The van der Waals surface area contributed by atoms with Crippen LogP contribution in [-0.2, 0) is 4.74 Å². The lowest BCUT2D eigenvalue weighted by molar-refractivity contribution is 0.0588. The largest absolute Gasteiger partial charge is 0.423 e. The number of oxazole rings is 1. The number of hydrogen-bond donors (Lipinski definition) is 0. The maximum Gasteiger partial charge on any atom is 0.298 e. The number of aromatic nitrogens is 1. The molecule has 2 saturated heterocycles. The van der Waals surface area contributed by atoms with E-state index in [9.17, 15) is 0 Å². The lowest BCUT2D eigenvalue weighted by atomic mass is 10.1. The molecular weight excluding hydrogens is 352 g/mol. The van der Waals surface area contributed by atoms with Gasteiger partial charge in [-0.3, -0.25) is 4.90 Å². The van der Waals surface area contributed by atoms with Crippen molar-refractivity contribution in [2.24, 2.45) is 0 Å². The van der Waals surface area contributed by atoms with Gasteiger partial charge in [0.25, 0.3) is 6.01 Å². The lowest BCUT2D eigenvalue weighted by Crippen LogP contribution is -2.46. The number of nitrogens with zero attached hydrogens (tertiary/aromatic N) is 4. The van der Waals surface area contributed by atoms with Crippen LogP contribution in [0.4, 0.5) is 6.01 Å². The average Bonchev–Trinajstić information content (AvgIpc) is 3.19. The molecule has 2 aliphatic rings. The molecule has 2 aromatic rings. The summed E-state index contributed by atoms with van der Waals surface area (Å²) in [6, 6.07) is 8.64. The molecule has 0 radical (unpaired) electrons. The highest BCUT2D eigenvalue weighted by molar-refractivity contribution is 5.74. The van der Waals surface area contributed by atoms with Crippen molar-refractivity contribution >= 4 is 17.1 Å². The maximum absolute atomic E-state index is 5.97. The molecule has 0 amide bonds. The second-order valence-corrected chi connectivity index (χ2v) is 7.53. The molecule has 0 spiro atoms. The van der Waals surface area contributed by atoms with Crippen LogP contribution >= 0.6 is 0 Å². The van der Waals surface area contributed by atoms with Crippen molar-refractivity contribution < 1.29 is 9.15 Å². The fourth-order valence-electron chi connectivity index (χ4n) is 3.85. The van der Waals surface area contributed by atoms with Crippen molar-refractivity contribution in [3.8, 4) is 11.8 Å². The number of ether oxygens (including phenoxy) is 1. The summed E-state index contributed by atoms with van der Waals surface area (Å²) in [5.74, 6) is 6.47. The SMILES string of the molecule is CCN1CCN(CC#CCOC2CCN(c3nc4ccccc4o3)CC2)CC1. The standard InChI is InChI=1S/C22H30N4O2/c1-2-24-14-16-25(17-15-24)11-5-6-18-27-19-9-12-26(13-10-19)22-23-20-7-3-4-8-21(20)28-22/h3-4,7-8,19H,2,9-18H2,1H3. The molecule has 6 nitrogen and oxygen atoms in total. The van der Waals surface area contributed by atoms with E-state index in [4.69, 9.17) is 9.15 Å². The Balaban J connectivity index is 1.15. The molecule has 6 heteroatoms. The van der Waals surface area contributed by atoms with Gasteiger partial charge in [-0.15, -0.1) is 0 Å². The topological polar surface area (TPSA) is 45.0 Å². The van der Waals surface area contributed by atoms with Crippen LogP contribution in [0, 0.1) is 11.8 Å². The zero-order valence-corrected chi connectivity index (χ0v) is 16.8. The molecule has 1 aromatic heterocycles. The predicted molar refractivity (Wildman–Crippen MR) is 112 cm³/mol. The fourth-order valence-corrected chi connectivity index (χ4v) is 3.85. The van der Waals surface area contributed by atoms with Crippen LogP contribution in [0.3, 0.4) is 0 Å². The summed E-state index contributed by atoms with van der Waals surface area (Å²) in [5.41, 5.74) is 1.77. The summed E-state index contributed by atoms with van der Waals surface area (Å²) in [7, 11) is 0. The highest BCUT2D eigenvalue weighted by Gasteiger charge is 2.23. The summed E-state index contributed by atoms with van der Waals surface area (Å²) >= 11 is 0. The van der Waals surface area contributed by atoms with E-state index in [-0.39, 0.29) is 6.10 Å². The zero-order valence-electron chi connectivity index (χ0n) is 16.8. The average molecular weight is 383 g/mol. The minimum Gasteiger partial charge on any atom is -0.423 e. The van der Waals surface area contributed by atoms with Gasteiger partial charge < -0.3 is 19.0 Å². The second-order valence-electron chi connectivity index (χ2n) is 7.53. The van der Waals surface area contributed by atoms with E-state index in [0.717, 1.165) is 82.3 Å². The van der Waals surface area contributed by atoms with Crippen molar-refractivity contribution in [1.29, 1.82) is 0 Å². The highest BCUT2D eigenvalue weighted by atomic mass is 16.5. The Morgan fingerprint density at radius 2 is 1.79 bits per heavy atom. The van der Waals surface area contributed by atoms with Gasteiger partial charge in [0, 0.05) is 39.3 Å². The molecule has 28 heavy (non-hydrogen) atoms. The van der Waals surface area contributed by atoms with Crippen molar-refractivity contribution in [3.63, 3.8) is 0 Å². The number of benzene rings is 1. The van der Waals surface area contributed by atoms with Crippen molar-refractivity contribution in [3.05, 3.63) is 24.3 Å². The summed E-state index contributed by atoms with van der Waals surface area (Å²) in [4.78, 5) is 11.7. The summed E-state index contributed by atoms with van der Waals surface area (Å²) < 4.78 is 11.8. The lowest BCUT2D eigenvalue weighted by Gasteiger charge is -2.32. The molecule has 2 fully saturated rings. The van der Waals surface area contributed by atoms with E-state index in [1.165, 1.54) is 0 Å². The van der Waals surface area contributed by atoms with Crippen molar-refractivity contribution in [1.82, 2.24) is 14.8 Å². The molecular formula is C22H30N4O2. The first kappa shape index (κ1) is 19.3. The highest BCUT2D eigenvalue weighted by Crippen LogP contribution is 2.25. The van der Waals surface area contributed by atoms with E-state index in [1.807, 2.05) is 24.3 Å². The van der Waals surface area contributed by atoms with Gasteiger partial charge in [0.05, 0.1) is 12.6 Å². The fraction of sp³-hybridized carbons (Fsp3) is 0.591. The minimum atomic E-state index is 0.281.